The second kappa shape index (κ2) is 8.49. The molecule has 4 rings (SSSR count). The molecule has 3 aromatic rings. The van der Waals surface area contributed by atoms with Crippen molar-refractivity contribution in [3.8, 4) is 11.5 Å². The topological polar surface area (TPSA) is 77.0 Å². The maximum Gasteiger partial charge on any atom is 0.286 e. The predicted octanol–water partition coefficient (Wildman–Crippen LogP) is 5.39. The second-order valence-corrected chi connectivity index (χ2v) is 9.35. The normalized spacial score (nSPS) is 14.3. The van der Waals surface area contributed by atoms with Crippen molar-refractivity contribution >= 4 is 49.1 Å². The maximum absolute atomic E-state index is 14.0. The van der Waals surface area contributed by atoms with E-state index in [1.54, 1.807) is 36.4 Å². The number of rotatable bonds is 5. The molecule has 1 aliphatic heterocycles. The number of methoxy groups -OCH3 is 1. The average Bonchev–Trinajstić information content (AvgIpc) is 2.73. The number of fused-ring (bicyclic) bond motifs is 1. The molecule has 0 fully saturated rings. The van der Waals surface area contributed by atoms with Gasteiger partial charge in [0, 0.05) is 11.1 Å². The highest BCUT2D eigenvalue weighted by Gasteiger charge is 2.26. The number of halogens is 3. The molecule has 0 aromatic heterocycles. The van der Waals surface area contributed by atoms with Gasteiger partial charge in [0.2, 0.25) is 0 Å². The van der Waals surface area contributed by atoms with Gasteiger partial charge in [-0.1, -0.05) is 29.8 Å². The van der Waals surface area contributed by atoms with E-state index in [0.717, 1.165) is 0 Å². The summed E-state index contributed by atoms with van der Waals surface area (Å²) in [4.78, 5) is 0.103. The van der Waals surface area contributed by atoms with Crippen LogP contribution in [0.5, 0.6) is 11.5 Å². The van der Waals surface area contributed by atoms with Crippen LogP contribution in [0, 0.1) is 5.82 Å². The Morgan fingerprint density at radius 3 is 2.68 bits per heavy atom. The van der Waals surface area contributed by atoms with E-state index in [1.165, 1.54) is 25.3 Å². The van der Waals surface area contributed by atoms with E-state index >= 15 is 0 Å². The summed E-state index contributed by atoms with van der Waals surface area (Å²) in [5, 5.41) is 3.27. The van der Waals surface area contributed by atoms with Gasteiger partial charge in [0.25, 0.3) is 10.0 Å². The van der Waals surface area contributed by atoms with E-state index in [9.17, 15) is 12.8 Å². The third kappa shape index (κ3) is 4.26. The molecule has 0 aliphatic carbocycles. The predicted molar refractivity (Wildman–Crippen MR) is 120 cm³/mol. The number of hydrogen-bond donors (Lipinski definition) is 1. The highest BCUT2D eigenvalue weighted by atomic mass is 79.9. The summed E-state index contributed by atoms with van der Waals surface area (Å²) in [6.07, 6.45) is 0. The van der Waals surface area contributed by atoms with Gasteiger partial charge in [-0.15, -0.1) is 4.40 Å². The van der Waals surface area contributed by atoms with E-state index in [1.807, 2.05) is 0 Å². The smallest absolute Gasteiger partial charge is 0.286 e. The SMILES string of the molecule is COc1cc(C2=NS(=O)(=O)c3ccccc3N2)cc(Br)c1OCc1c(F)cccc1Cl. The molecule has 0 unspecified atom stereocenters. The first-order chi connectivity index (χ1) is 14.8. The van der Waals surface area contributed by atoms with Crippen LogP contribution in [-0.4, -0.2) is 21.4 Å². The summed E-state index contributed by atoms with van der Waals surface area (Å²) in [5.74, 6) is 0.271. The van der Waals surface area contributed by atoms with Crippen molar-refractivity contribution in [3.63, 3.8) is 0 Å². The first-order valence-corrected chi connectivity index (χ1v) is 11.6. The van der Waals surface area contributed by atoms with Gasteiger partial charge in [-0.2, -0.15) is 8.42 Å². The second-order valence-electron chi connectivity index (χ2n) is 6.51. The van der Waals surface area contributed by atoms with Crippen LogP contribution < -0.4 is 14.8 Å². The van der Waals surface area contributed by atoms with Crippen LogP contribution in [0.25, 0.3) is 0 Å². The molecule has 0 saturated heterocycles. The van der Waals surface area contributed by atoms with Gasteiger partial charge in [0.15, 0.2) is 17.3 Å². The van der Waals surface area contributed by atoms with Crippen molar-refractivity contribution in [2.24, 2.45) is 4.40 Å². The molecule has 160 valence electrons. The number of amidine groups is 1. The van der Waals surface area contributed by atoms with Crippen molar-refractivity contribution in [2.75, 3.05) is 12.4 Å². The molecule has 6 nitrogen and oxygen atoms in total. The van der Waals surface area contributed by atoms with Gasteiger partial charge in [-0.25, -0.2) is 4.39 Å². The molecule has 0 atom stereocenters. The average molecular weight is 526 g/mol. The molecule has 0 spiro atoms. The quantitative estimate of drug-likeness (QED) is 0.483. The summed E-state index contributed by atoms with van der Waals surface area (Å²) < 4.78 is 54.7. The lowest BCUT2D eigenvalue weighted by molar-refractivity contribution is 0.278. The minimum atomic E-state index is -3.86. The van der Waals surface area contributed by atoms with Crippen LogP contribution in [0.3, 0.4) is 0 Å². The van der Waals surface area contributed by atoms with Gasteiger partial charge in [-0.05, 0) is 52.3 Å². The standard InChI is InChI=1S/C21H15BrClFN2O4S/c1-29-18-10-12(21-25-17-7-2-3-8-19(17)31(27,28)26-21)9-14(22)20(18)30-11-13-15(23)5-4-6-16(13)24/h2-10H,11H2,1H3,(H,25,26). The zero-order valence-electron chi connectivity index (χ0n) is 16.0. The van der Waals surface area contributed by atoms with Gasteiger partial charge in [0.05, 0.1) is 22.3 Å². The maximum atomic E-state index is 14.0. The molecule has 1 heterocycles. The summed E-state index contributed by atoms with van der Waals surface area (Å²) in [6, 6.07) is 14.1. The summed E-state index contributed by atoms with van der Waals surface area (Å²) in [5.41, 5.74) is 1.10. The molecule has 1 aliphatic rings. The number of benzene rings is 3. The van der Waals surface area contributed by atoms with E-state index in [4.69, 9.17) is 21.1 Å². The van der Waals surface area contributed by atoms with Gasteiger partial charge >= 0.3 is 0 Å². The van der Waals surface area contributed by atoms with E-state index < -0.39 is 15.8 Å². The Balaban J connectivity index is 1.68. The molecule has 0 saturated carbocycles. The minimum Gasteiger partial charge on any atom is -0.493 e. The third-order valence-electron chi connectivity index (χ3n) is 4.55. The van der Waals surface area contributed by atoms with E-state index in [0.29, 0.717) is 27.2 Å². The molecule has 0 amide bonds. The van der Waals surface area contributed by atoms with Crippen LogP contribution in [0.2, 0.25) is 5.02 Å². The Morgan fingerprint density at radius 1 is 1.16 bits per heavy atom. The number of ether oxygens (including phenoxy) is 2. The largest absolute Gasteiger partial charge is 0.493 e. The Kier molecular flexibility index (Phi) is 5.92. The lowest BCUT2D eigenvalue weighted by atomic mass is 10.1. The highest BCUT2D eigenvalue weighted by molar-refractivity contribution is 9.10. The lowest BCUT2D eigenvalue weighted by Crippen LogP contribution is -2.22. The summed E-state index contributed by atoms with van der Waals surface area (Å²) in [7, 11) is -2.41. The number of nitrogens with one attached hydrogen (secondary N) is 1. The highest BCUT2D eigenvalue weighted by Crippen LogP contribution is 2.39. The van der Waals surface area contributed by atoms with Crippen LogP contribution in [0.4, 0.5) is 10.1 Å². The Bertz CT molecular complexity index is 1290. The first kappa shape index (κ1) is 21.6. The minimum absolute atomic E-state index is 0.103. The van der Waals surface area contributed by atoms with Crippen LogP contribution in [-0.2, 0) is 16.6 Å². The fraction of sp³-hybridized carbons (Fsp3) is 0.0952. The molecular weight excluding hydrogens is 511 g/mol. The van der Waals surface area contributed by atoms with Crippen molar-refractivity contribution < 1.29 is 22.3 Å². The van der Waals surface area contributed by atoms with Crippen LogP contribution in [0.15, 0.2) is 68.4 Å². The zero-order valence-corrected chi connectivity index (χ0v) is 19.2. The van der Waals surface area contributed by atoms with Crippen molar-refractivity contribution in [1.82, 2.24) is 0 Å². The lowest BCUT2D eigenvalue weighted by Gasteiger charge is -2.20. The van der Waals surface area contributed by atoms with Gasteiger partial charge in [-0.3, -0.25) is 0 Å². The molecule has 1 N–H and O–H groups in total. The fourth-order valence-electron chi connectivity index (χ4n) is 3.05. The van der Waals surface area contributed by atoms with E-state index in [2.05, 4.69) is 25.6 Å². The van der Waals surface area contributed by atoms with Crippen molar-refractivity contribution in [3.05, 3.63) is 81.0 Å². The van der Waals surface area contributed by atoms with E-state index in [-0.39, 0.29) is 27.9 Å². The number of nitrogens with zero attached hydrogens (tertiary/aromatic N) is 1. The number of anilines is 1. The van der Waals surface area contributed by atoms with Crippen LogP contribution >= 0.6 is 27.5 Å². The van der Waals surface area contributed by atoms with Crippen molar-refractivity contribution in [2.45, 2.75) is 11.5 Å². The first-order valence-electron chi connectivity index (χ1n) is 8.95. The molecular formula is C21H15BrClFN2O4S. The molecule has 10 heteroatoms. The Labute approximate surface area is 191 Å². The molecule has 3 aromatic carbocycles. The third-order valence-corrected chi connectivity index (χ3v) is 6.83. The summed E-state index contributed by atoms with van der Waals surface area (Å²) >= 11 is 9.47. The van der Waals surface area contributed by atoms with Crippen LogP contribution in [0.1, 0.15) is 11.1 Å². The summed E-state index contributed by atoms with van der Waals surface area (Å²) in [6.45, 7) is -0.124. The zero-order chi connectivity index (χ0) is 22.2. The number of hydrogen-bond acceptors (Lipinski definition) is 5. The molecule has 0 radical (unpaired) electrons. The number of para-hydroxylation sites is 1. The van der Waals surface area contributed by atoms with Gasteiger partial charge in [0.1, 0.15) is 17.3 Å². The molecule has 31 heavy (non-hydrogen) atoms. The molecule has 0 bridgehead atoms. The monoisotopic (exact) mass is 524 g/mol. The Morgan fingerprint density at radius 2 is 1.94 bits per heavy atom. The number of sulfonamides is 1. The Hall–Kier alpha value is -2.62. The van der Waals surface area contributed by atoms with Crippen molar-refractivity contribution in [1.29, 1.82) is 0 Å². The fourth-order valence-corrected chi connectivity index (χ4v) is 4.96. The van der Waals surface area contributed by atoms with Gasteiger partial charge < -0.3 is 14.8 Å².